The zero-order valence-corrected chi connectivity index (χ0v) is 27.9. The number of unbranched alkanes of at least 4 members (excludes halogenated alkanes) is 2. The summed E-state index contributed by atoms with van der Waals surface area (Å²) in [5.74, 6) is -1.51. The highest BCUT2D eigenvalue weighted by Gasteiger charge is 2.36. The van der Waals surface area contributed by atoms with E-state index in [1.807, 2.05) is 62.4 Å². The molecule has 3 amide bonds. The number of esters is 1. The molecule has 9 heteroatoms. The van der Waals surface area contributed by atoms with Crippen molar-refractivity contribution in [2.45, 2.75) is 111 Å². The average molecular weight is 610 g/mol. The van der Waals surface area contributed by atoms with Crippen molar-refractivity contribution < 1.29 is 28.7 Å². The smallest absolute Gasteiger partial charge is 0.408 e. The number of nitrogens with one attached hydrogen (secondary N) is 2. The van der Waals surface area contributed by atoms with Gasteiger partial charge in [0.15, 0.2) is 0 Å². The first-order chi connectivity index (χ1) is 20.5. The van der Waals surface area contributed by atoms with Crippen LogP contribution in [0.3, 0.4) is 0 Å². The second-order valence-electron chi connectivity index (χ2n) is 13.2. The fourth-order valence-electron chi connectivity index (χ4n) is 4.67. The van der Waals surface area contributed by atoms with Crippen molar-refractivity contribution in [3.8, 4) is 0 Å². The molecule has 0 saturated carbocycles. The van der Waals surface area contributed by atoms with Gasteiger partial charge in [-0.25, -0.2) is 9.59 Å². The number of alkyl carbamates (subject to hydrolysis) is 1. The van der Waals surface area contributed by atoms with Crippen LogP contribution in [0.2, 0.25) is 0 Å². The van der Waals surface area contributed by atoms with Crippen LogP contribution in [-0.2, 0) is 30.3 Å². The van der Waals surface area contributed by atoms with E-state index >= 15 is 0 Å². The second kappa shape index (κ2) is 16.3. The molecule has 2 N–H and O–H groups in total. The topological polar surface area (TPSA) is 114 Å². The molecular formula is C35H51N3O6. The van der Waals surface area contributed by atoms with Gasteiger partial charge in [0.05, 0.1) is 0 Å². The Morgan fingerprint density at radius 2 is 1.50 bits per heavy atom. The molecule has 0 aliphatic rings. The maximum atomic E-state index is 14.4. The van der Waals surface area contributed by atoms with Gasteiger partial charge in [-0.15, -0.1) is 0 Å². The monoisotopic (exact) mass is 609 g/mol. The highest BCUT2D eigenvalue weighted by Crippen LogP contribution is 2.27. The molecule has 0 fully saturated rings. The average Bonchev–Trinajstić information content (AvgIpc) is 2.91. The minimum atomic E-state index is -1.06. The largest absolute Gasteiger partial charge is 0.458 e. The Bertz CT molecular complexity index is 1260. The summed E-state index contributed by atoms with van der Waals surface area (Å²) in [7, 11) is 0. The molecule has 2 rings (SSSR count). The van der Waals surface area contributed by atoms with Crippen LogP contribution in [0.4, 0.5) is 4.79 Å². The number of nitrogens with zero attached hydrogens (tertiary/aromatic N) is 1. The molecule has 0 aromatic heterocycles. The third kappa shape index (κ3) is 12.4. The standard InChI is InChI=1S/C35H51N3O6/c1-10-11-15-20-38(29(39)23-36-33(42)44-35(7,8)9)30(27-21-24(2)18-19-25(27)3)31(40)37-28(32(41)43-34(4,5)6)22-26-16-13-12-14-17-26/h12-14,16-19,21,28,30H,10-11,15,20,22-23H2,1-9H3,(H,36,42)(H,37,40). The van der Waals surface area contributed by atoms with Crippen LogP contribution in [0.5, 0.6) is 0 Å². The number of hydrogen-bond donors (Lipinski definition) is 2. The van der Waals surface area contributed by atoms with E-state index in [4.69, 9.17) is 9.47 Å². The van der Waals surface area contributed by atoms with Gasteiger partial charge in [-0.05, 0) is 78.5 Å². The molecule has 2 unspecified atom stereocenters. The van der Waals surface area contributed by atoms with E-state index in [0.29, 0.717) is 12.0 Å². The molecule has 0 radical (unpaired) electrons. The van der Waals surface area contributed by atoms with E-state index in [2.05, 4.69) is 17.6 Å². The van der Waals surface area contributed by atoms with Crippen molar-refractivity contribution in [1.29, 1.82) is 0 Å². The first-order valence-electron chi connectivity index (χ1n) is 15.4. The quantitative estimate of drug-likeness (QED) is 0.214. The number of benzene rings is 2. The van der Waals surface area contributed by atoms with E-state index < -0.39 is 47.2 Å². The molecular weight excluding hydrogens is 558 g/mol. The minimum Gasteiger partial charge on any atom is -0.458 e. The molecule has 0 aliphatic carbocycles. The Balaban J connectivity index is 2.53. The van der Waals surface area contributed by atoms with Crippen molar-refractivity contribution in [2.24, 2.45) is 0 Å². The van der Waals surface area contributed by atoms with Crippen molar-refractivity contribution in [2.75, 3.05) is 13.1 Å². The molecule has 0 bridgehead atoms. The molecule has 0 heterocycles. The lowest BCUT2D eigenvalue weighted by atomic mass is 9.95. The van der Waals surface area contributed by atoms with Gasteiger partial charge in [0.2, 0.25) is 11.8 Å². The summed E-state index contributed by atoms with van der Waals surface area (Å²) in [6.45, 7) is 16.3. The summed E-state index contributed by atoms with van der Waals surface area (Å²) in [5, 5.41) is 5.48. The van der Waals surface area contributed by atoms with Gasteiger partial charge in [0.1, 0.15) is 29.8 Å². The summed E-state index contributed by atoms with van der Waals surface area (Å²) < 4.78 is 11.0. The van der Waals surface area contributed by atoms with Crippen LogP contribution in [0.1, 0.15) is 96.0 Å². The summed E-state index contributed by atoms with van der Waals surface area (Å²) in [6.07, 6.45) is 1.91. The van der Waals surface area contributed by atoms with E-state index in [9.17, 15) is 19.2 Å². The molecule has 2 aromatic carbocycles. The fraction of sp³-hybridized carbons (Fsp3) is 0.543. The van der Waals surface area contributed by atoms with Gasteiger partial charge in [-0.2, -0.15) is 0 Å². The zero-order chi connectivity index (χ0) is 33.1. The lowest BCUT2D eigenvalue weighted by Crippen LogP contribution is -2.52. The number of ether oxygens (including phenoxy) is 2. The number of aryl methyl sites for hydroxylation is 2. The van der Waals surface area contributed by atoms with Crippen molar-refractivity contribution in [3.63, 3.8) is 0 Å². The molecule has 0 spiro atoms. The Morgan fingerprint density at radius 1 is 0.864 bits per heavy atom. The molecule has 2 atom stereocenters. The Kier molecular flexibility index (Phi) is 13.4. The SMILES string of the molecule is CCCCCN(C(=O)CNC(=O)OC(C)(C)C)C(C(=O)NC(Cc1ccccc1)C(=O)OC(C)(C)C)c1cc(C)ccc1C. The lowest BCUT2D eigenvalue weighted by molar-refractivity contribution is -0.159. The van der Waals surface area contributed by atoms with Crippen LogP contribution >= 0.6 is 0 Å². The summed E-state index contributed by atoms with van der Waals surface area (Å²) in [5.41, 5.74) is 1.74. The number of hydrogen-bond acceptors (Lipinski definition) is 6. The lowest BCUT2D eigenvalue weighted by Gasteiger charge is -2.34. The predicted octanol–water partition coefficient (Wildman–Crippen LogP) is 5.96. The highest BCUT2D eigenvalue weighted by atomic mass is 16.6. The third-order valence-corrected chi connectivity index (χ3v) is 6.69. The summed E-state index contributed by atoms with van der Waals surface area (Å²) in [4.78, 5) is 55.5. The Hall–Kier alpha value is -3.88. The predicted molar refractivity (Wildman–Crippen MR) is 172 cm³/mol. The molecule has 2 aromatic rings. The van der Waals surface area contributed by atoms with Crippen LogP contribution < -0.4 is 10.6 Å². The first-order valence-corrected chi connectivity index (χ1v) is 15.4. The van der Waals surface area contributed by atoms with Gasteiger partial charge >= 0.3 is 12.1 Å². The Morgan fingerprint density at radius 3 is 2.09 bits per heavy atom. The number of carbonyl (C=O) groups excluding carboxylic acids is 4. The van der Waals surface area contributed by atoms with Crippen molar-refractivity contribution >= 4 is 23.9 Å². The zero-order valence-electron chi connectivity index (χ0n) is 27.9. The first kappa shape index (κ1) is 36.3. The van der Waals surface area contributed by atoms with Gasteiger partial charge in [0.25, 0.3) is 0 Å². The summed E-state index contributed by atoms with van der Waals surface area (Å²) in [6, 6.07) is 13.1. The third-order valence-electron chi connectivity index (χ3n) is 6.69. The van der Waals surface area contributed by atoms with Crippen LogP contribution in [0.15, 0.2) is 48.5 Å². The minimum absolute atomic E-state index is 0.213. The van der Waals surface area contributed by atoms with Gasteiger partial charge in [0, 0.05) is 13.0 Å². The molecule has 0 aliphatic heterocycles. The van der Waals surface area contributed by atoms with E-state index in [1.165, 1.54) is 4.90 Å². The van der Waals surface area contributed by atoms with Crippen LogP contribution in [-0.4, -0.2) is 59.1 Å². The highest BCUT2D eigenvalue weighted by molar-refractivity contribution is 5.93. The summed E-state index contributed by atoms with van der Waals surface area (Å²) >= 11 is 0. The van der Waals surface area contributed by atoms with E-state index in [0.717, 1.165) is 29.5 Å². The number of rotatable bonds is 13. The number of amides is 3. The fourth-order valence-corrected chi connectivity index (χ4v) is 4.67. The van der Waals surface area contributed by atoms with Gasteiger partial charge in [-0.1, -0.05) is 73.9 Å². The second-order valence-corrected chi connectivity index (χ2v) is 13.2. The van der Waals surface area contributed by atoms with E-state index in [1.54, 1.807) is 41.5 Å². The van der Waals surface area contributed by atoms with Crippen LogP contribution in [0, 0.1) is 13.8 Å². The molecule has 242 valence electrons. The maximum absolute atomic E-state index is 14.4. The number of carbonyl (C=O) groups is 4. The van der Waals surface area contributed by atoms with Crippen molar-refractivity contribution in [1.82, 2.24) is 15.5 Å². The van der Waals surface area contributed by atoms with Crippen LogP contribution in [0.25, 0.3) is 0 Å². The van der Waals surface area contributed by atoms with Gasteiger partial charge in [-0.3, -0.25) is 9.59 Å². The van der Waals surface area contributed by atoms with Gasteiger partial charge < -0.3 is 25.0 Å². The maximum Gasteiger partial charge on any atom is 0.408 e. The molecule has 44 heavy (non-hydrogen) atoms. The Labute approximate surface area is 263 Å². The van der Waals surface area contributed by atoms with E-state index in [-0.39, 0.29) is 19.5 Å². The normalized spacial score (nSPS) is 12.9. The molecule has 9 nitrogen and oxygen atoms in total. The van der Waals surface area contributed by atoms with Crippen molar-refractivity contribution in [3.05, 3.63) is 70.8 Å². The molecule has 0 saturated heterocycles.